The molecular weight excluding hydrogens is 531 g/mol. The van der Waals surface area contributed by atoms with Crippen LogP contribution < -0.4 is 16.0 Å². The number of carbonyl (C=O) groups is 1. The van der Waals surface area contributed by atoms with Gasteiger partial charge in [0.25, 0.3) is 5.91 Å². The van der Waals surface area contributed by atoms with Crippen LogP contribution in [0, 0.1) is 23.2 Å². The van der Waals surface area contributed by atoms with Gasteiger partial charge in [0, 0.05) is 48.5 Å². The molecule has 1 aromatic carbocycles. The first-order valence-electron chi connectivity index (χ1n) is 14.1. The number of halogens is 2. The van der Waals surface area contributed by atoms with Crippen LogP contribution in [0.4, 0.5) is 5.82 Å². The van der Waals surface area contributed by atoms with Gasteiger partial charge in [0.15, 0.2) is 5.96 Å². The molecule has 7 nitrogen and oxygen atoms in total. The summed E-state index contributed by atoms with van der Waals surface area (Å²) >= 11 is 12.2. The Balaban J connectivity index is 1.24. The predicted molar refractivity (Wildman–Crippen MR) is 160 cm³/mol. The first-order valence-corrected chi connectivity index (χ1v) is 14.9. The fourth-order valence-corrected chi connectivity index (χ4v) is 7.12. The smallest absolute Gasteiger partial charge is 0.252 e. The number of carbonyl (C=O) groups excluding carboxylic acids is 1. The Morgan fingerprint density at radius 3 is 2.69 bits per heavy atom. The summed E-state index contributed by atoms with van der Waals surface area (Å²) in [6, 6.07) is 9.77. The Morgan fingerprint density at radius 1 is 1.21 bits per heavy atom. The number of piperazine rings is 1. The van der Waals surface area contributed by atoms with Crippen LogP contribution in [0.15, 0.2) is 41.5 Å². The van der Waals surface area contributed by atoms with E-state index in [1.807, 2.05) is 12.1 Å². The van der Waals surface area contributed by atoms with Gasteiger partial charge in [0.2, 0.25) is 0 Å². The molecular formula is C30H40Cl2N6O. The van der Waals surface area contributed by atoms with E-state index in [4.69, 9.17) is 28.2 Å². The summed E-state index contributed by atoms with van der Waals surface area (Å²) in [7, 11) is 0. The first kappa shape index (κ1) is 28.2. The highest BCUT2D eigenvalue weighted by atomic mass is 35.5. The lowest BCUT2D eigenvalue weighted by Gasteiger charge is -2.61. The quantitative estimate of drug-likeness (QED) is 0.316. The van der Waals surface area contributed by atoms with Gasteiger partial charge in [-0.05, 0) is 79.2 Å². The van der Waals surface area contributed by atoms with Gasteiger partial charge in [-0.1, -0.05) is 50.0 Å². The number of pyridine rings is 1. The molecule has 3 saturated carbocycles. The highest BCUT2D eigenvalue weighted by molar-refractivity contribution is 6.35. The zero-order valence-electron chi connectivity index (χ0n) is 23.3. The van der Waals surface area contributed by atoms with Gasteiger partial charge < -0.3 is 20.9 Å². The molecule has 0 radical (unpaired) electrons. The van der Waals surface area contributed by atoms with E-state index in [0.717, 1.165) is 49.4 Å². The molecule has 0 spiro atoms. The molecule has 0 unspecified atom stereocenters. The minimum atomic E-state index is -0.165. The van der Waals surface area contributed by atoms with Gasteiger partial charge in [0.1, 0.15) is 5.82 Å². The van der Waals surface area contributed by atoms with Crippen LogP contribution in [-0.4, -0.2) is 60.0 Å². The number of benzene rings is 1. The maximum atomic E-state index is 12.7. The number of amides is 1. The second kappa shape index (κ2) is 11.6. The zero-order chi connectivity index (χ0) is 27.7. The number of guanidine groups is 1. The fraction of sp³-hybridized carbons (Fsp3) is 0.567. The van der Waals surface area contributed by atoms with Crippen molar-refractivity contribution in [2.45, 2.75) is 59.0 Å². The predicted octanol–water partition coefficient (Wildman–Crippen LogP) is 5.49. The highest BCUT2D eigenvalue weighted by Crippen LogP contribution is 2.61. The normalized spacial score (nSPS) is 28.0. The van der Waals surface area contributed by atoms with Crippen molar-refractivity contribution in [1.82, 2.24) is 20.5 Å². The molecule has 1 aliphatic heterocycles. The highest BCUT2D eigenvalue weighted by Gasteiger charge is 2.56. The van der Waals surface area contributed by atoms with Crippen molar-refractivity contribution in [1.29, 1.82) is 0 Å². The third-order valence-electron chi connectivity index (χ3n) is 9.23. The summed E-state index contributed by atoms with van der Waals surface area (Å²) in [5.41, 5.74) is 1.89. The van der Waals surface area contributed by atoms with Crippen molar-refractivity contribution < 1.29 is 4.79 Å². The lowest BCUT2D eigenvalue weighted by molar-refractivity contribution is -0.108. The maximum Gasteiger partial charge on any atom is 0.252 e. The van der Waals surface area contributed by atoms with Gasteiger partial charge in [-0.3, -0.25) is 4.79 Å². The number of nitrogens with zero attached hydrogens (tertiary/aromatic N) is 3. The van der Waals surface area contributed by atoms with Crippen LogP contribution in [0.5, 0.6) is 0 Å². The Hall–Kier alpha value is -2.35. The van der Waals surface area contributed by atoms with Crippen LogP contribution in [0.1, 0.15) is 56.5 Å². The van der Waals surface area contributed by atoms with Crippen molar-refractivity contribution in [3.63, 3.8) is 0 Å². The van der Waals surface area contributed by atoms with E-state index in [-0.39, 0.29) is 5.91 Å². The van der Waals surface area contributed by atoms with Crippen LogP contribution in [0.2, 0.25) is 10.0 Å². The standard InChI is InChI=1S/C30H40Cl2N6O/c1-18-17-38(12-11-33-18)29(36-26-14-22-13-24(19(26)2)30(22,3)4)37-27-8-6-21(16-35-27)28(39)34-10-9-20-5-7-23(31)15-25(20)32/h5-8,15-16,18-19,22,24,26,33H,9-14,17H2,1-4H3,(H,34,39)(H,35,36,37)/t18-,19-,22+,24-,26-/m0/s1. The minimum Gasteiger partial charge on any atom is -0.352 e. The Bertz CT molecular complexity index is 1220. The number of hydrogen-bond acceptors (Lipinski definition) is 4. The Kier molecular flexibility index (Phi) is 8.41. The second-order valence-corrected chi connectivity index (χ2v) is 12.9. The third-order valence-corrected chi connectivity index (χ3v) is 9.82. The van der Waals surface area contributed by atoms with E-state index in [2.05, 4.69) is 53.5 Å². The van der Waals surface area contributed by atoms with Gasteiger partial charge in [-0.25, -0.2) is 9.98 Å². The van der Waals surface area contributed by atoms with Crippen LogP contribution in [0.25, 0.3) is 0 Å². The number of aliphatic imine (C=N–C) groups is 1. The number of rotatable bonds is 6. The molecule has 3 N–H and O–H groups in total. The minimum absolute atomic E-state index is 0.165. The summed E-state index contributed by atoms with van der Waals surface area (Å²) in [5, 5.41) is 11.2. The molecule has 2 heterocycles. The van der Waals surface area contributed by atoms with Gasteiger partial charge >= 0.3 is 0 Å². The van der Waals surface area contributed by atoms with E-state index in [1.165, 1.54) is 6.42 Å². The zero-order valence-corrected chi connectivity index (χ0v) is 24.8. The van der Waals surface area contributed by atoms with Crippen molar-refractivity contribution >= 4 is 40.9 Å². The molecule has 39 heavy (non-hydrogen) atoms. The van der Waals surface area contributed by atoms with Crippen molar-refractivity contribution in [3.8, 4) is 0 Å². The molecule has 2 bridgehead atoms. The third kappa shape index (κ3) is 6.21. The van der Waals surface area contributed by atoms with E-state index in [0.29, 0.717) is 57.8 Å². The number of hydrogen-bond donors (Lipinski definition) is 3. The van der Waals surface area contributed by atoms with Crippen LogP contribution in [0.3, 0.4) is 0 Å². The topological polar surface area (TPSA) is 81.6 Å². The number of anilines is 1. The van der Waals surface area contributed by atoms with Crippen molar-refractivity contribution in [2.75, 3.05) is 31.5 Å². The lowest BCUT2D eigenvalue weighted by Crippen LogP contribution is -2.57. The van der Waals surface area contributed by atoms with Gasteiger partial charge in [0.05, 0.1) is 11.6 Å². The molecule has 9 heteroatoms. The van der Waals surface area contributed by atoms with Crippen LogP contribution in [-0.2, 0) is 6.42 Å². The average molecular weight is 572 g/mol. The summed E-state index contributed by atoms with van der Waals surface area (Å²) in [6.45, 7) is 12.6. The van der Waals surface area contributed by atoms with Gasteiger partial charge in [-0.2, -0.15) is 0 Å². The van der Waals surface area contributed by atoms with E-state index >= 15 is 0 Å². The average Bonchev–Trinajstić information content (AvgIpc) is 2.90. The summed E-state index contributed by atoms with van der Waals surface area (Å²) in [5.74, 6) is 3.47. The summed E-state index contributed by atoms with van der Waals surface area (Å²) in [6.07, 6.45) is 4.72. The molecule has 5 atom stereocenters. The van der Waals surface area contributed by atoms with Crippen LogP contribution >= 0.6 is 23.2 Å². The molecule has 6 rings (SSSR count). The van der Waals surface area contributed by atoms with E-state index in [9.17, 15) is 4.79 Å². The first-order chi connectivity index (χ1) is 18.6. The molecule has 3 aliphatic carbocycles. The second-order valence-electron chi connectivity index (χ2n) is 12.1. The SMILES string of the molecule is C[C@@H]1[C@@H](N=C(Nc2ccc(C(=O)NCCc3ccc(Cl)cc3Cl)cn2)N2CCN[C@@H](C)C2)C[C@H]2C[C@@H]1C2(C)C. The largest absolute Gasteiger partial charge is 0.352 e. The molecule has 4 aliphatic rings. The number of nitrogens with one attached hydrogen (secondary N) is 3. The molecule has 210 valence electrons. The van der Waals surface area contributed by atoms with Crippen molar-refractivity contribution in [2.24, 2.45) is 28.2 Å². The summed E-state index contributed by atoms with van der Waals surface area (Å²) < 4.78 is 0. The molecule has 4 fully saturated rings. The van der Waals surface area contributed by atoms with E-state index in [1.54, 1.807) is 24.4 Å². The van der Waals surface area contributed by atoms with Crippen molar-refractivity contribution in [3.05, 3.63) is 57.7 Å². The van der Waals surface area contributed by atoms with Gasteiger partial charge in [-0.15, -0.1) is 0 Å². The lowest BCUT2D eigenvalue weighted by atomic mass is 9.45. The molecule has 1 amide bonds. The summed E-state index contributed by atoms with van der Waals surface area (Å²) in [4.78, 5) is 24.9. The Morgan fingerprint density at radius 2 is 2.03 bits per heavy atom. The molecule has 1 saturated heterocycles. The number of aromatic nitrogens is 1. The molecule has 2 aromatic rings. The maximum absolute atomic E-state index is 12.7. The number of fused-ring (bicyclic) bond motifs is 2. The Labute approximate surface area is 242 Å². The van der Waals surface area contributed by atoms with E-state index < -0.39 is 0 Å². The fourth-order valence-electron chi connectivity index (χ4n) is 6.62. The monoisotopic (exact) mass is 570 g/mol. The molecule has 1 aromatic heterocycles.